The molecular weight excluding hydrogens is 310 g/mol. The number of hydrogen-bond acceptors (Lipinski definition) is 5. The average molecular weight is 333 g/mol. The van der Waals surface area contributed by atoms with E-state index in [0.717, 1.165) is 36.6 Å². The highest BCUT2D eigenvalue weighted by molar-refractivity contribution is 5.42. The number of anilines is 2. The average Bonchev–Trinajstić information content (AvgIpc) is 2.65. The highest BCUT2D eigenvalue weighted by Gasteiger charge is 2.03. The standard InChI is InChI=1S/C20H23N5/c1-16-14-19(22-13-7-10-17-8-3-2-4-9-17)25-20(24-16)23-15-18-11-5-6-12-21-18/h2-6,8-9,11-12,14H,7,10,13,15H2,1H3,(H2,22,23,24,25). The van der Waals surface area contributed by atoms with Crippen molar-refractivity contribution in [1.82, 2.24) is 15.0 Å². The van der Waals surface area contributed by atoms with Gasteiger partial charge in [0, 0.05) is 24.5 Å². The Kier molecular flexibility index (Phi) is 5.93. The van der Waals surface area contributed by atoms with E-state index in [-0.39, 0.29) is 0 Å². The second kappa shape index (κ2) is 8.78. The van der Waals surface area contributed by atoms with E-state index in [4.69, 9.17) is 0 Å². The van der Waals surface area contributed by atoms with Crippen molar-refractivity contribution in [1.29, 1.82) is 0 Å². The monoisotopic (exact) mass is 333 g/mol. The Morgan fingerprint density at radius 2 is 1.76 bits per heavy atom. The molecule has 0 spiro atoms. The molecule has 3 aromatic rings. The zero-order chi connectivity index (χ0) is 17.3. The molecule has 0 unspecified atom stereocenters. The van der Waals surface area contributed by atoms with Gasteiger partial charge in [0.05, 0.1) is 12.2 Å². The summed E-state index contributed by atoms with van der Waals surface area (Å²) in [6.45, 7) is 3.46. The minimum absolute atomic E-state index is 0.609. The van der Waals surface area contributed by atoms with Gasteiger partial charge in [-0.05, 0) is 37.5 Å². The normalized spacial score (nSPS) is 10.4. The number of rotatable bonds is 8. The minimum Gasteiger partial charge on any atom is -0.370 e. The fourth-order valence-electron chi connectivity index (χ4n) is 2.56. The molecule has 0 atom stereocenters. The van der Waals surface area contributed by atoms with E-state index in [1.807, 2.05) is 37.3 Å². The summed E-state index contributed by atoms with van der Waals surface area (Å²) in [5, 5.41) is 6.62. The molecule has 25 heavy (non-hydrogen) atoms. The van der Waals surface area contributed by atoms with Crippen molar-refractivity contribution < 1.29 is 0 Å². The first kappa shape index (κ1) is 16.9. The quantitative estimate of drug-likeness (QED) is 0.613. The highest BCUT2D eigenvalue weighted by atomic mass is 15.1. The zero-order valence-electron chi connectivity index (χ0n) is 14.4. The Morgan fingerprint density at radius 1 is 0.920 bits per heavy atom. The van der Waals surface area contributed by atoms with E-state index in [2.05, 4.69) is 49.9 Å². The van der Waals surface area contributed by atoms with Crippen LogP contribution in [0.15, 0.2) is 60.8 Å². The number of aryl methyl sites for hydroxylation is 2. The molecule has 0 aliphatic carbocycles. The molecule has 2 heterocycles. The van der Waals surface area contributed by atoms with Crippen molar-refractivity contribution in [2.75, 3.05) is 17.2 Å². The maximum Gasteiger partial charge on any atom is 0.225 e. The minimum atomic E-state index is 0.609. The molecule has 0 fully saturated rings. The molecule has 3 rings (SSSR count). The predicted molar refractivity (Wildman–Crippen MR) is 102 cm³/mol. The summed E-state index contributed by atoms with van der Waals surface area (Å²) in [6, 6.07) is 18.4. The molecule has 0 aliphatic rings. The van der Waals surface area contributed by atoms with E-state index in [9.17, 15) is 0 Å². The third kappa shape index (κ3) is 5.57. The van der Waals surface area contributed by atoms with E-state index in [0.29, 0.717) is 12.5 Å². The number of nitrogens with one attached hydrogen (secondary N) is 2. The lowest BCUT2D eigenvalue weighted by atomic mass is 10.1. The van der Waals surface area contributed by atoms with Gasteiger partial charge in [0.1, 0.15) is 5.82 Å². The summed E-state index contributed by atoms with van der Waals surface area (Å²) in [7, 11) is 0. The zero-order valence-corrected chi connectivity index (χ0v) is 14.4. The van der Waals surface area contributed by atoms with Crippen LogP contribution in [0.5, 0.6) is 0 Å². The van der Waals surface area contributed by atoms with Gasteiger partial charge < -0.3 is 10.6 Å². The fraction of sp³-hybridized carbons (Fsp3) is 0.250. The third-order valence-corrected chi connectivity index (χ3v) is 3.80. The van der Waals surface area contributed by atoms with E-state index in [1.165, 1.54) is 5.56 Å². The van der Waals surface area contributed by atoms with Crippen LogP contribution in [0.25, 0.3) is 0 Å². The lowest BCUT2D eigenvalue weighted by Crippen LogP contribution is -2.09. The second-order valence-corrected chi connectivity index (χ2v) is 5.91. The molecule has 1 aromatic carbocycles. The van der Waals surface area contributed by atoms with Gasteiger partial charge in [-0.3, -0.25) is 4.98 Å². The van der Waals surface area contributed by atoms with Gasteiger partial charge in [-0.2, -0.15) is 4.98 Å². The van der Waals surface area contributed by atoms with E-state index >= 15 is 0 Å². The smallest absolute Gasteiger partial charge is 0.225 e. The first-order valence-electron chi connectivity index (χ1n) is 8.57. The van der Waals surface area contributed by atoms with Gasteiger partial charge in [0.15, 0.2) is 0 Å². The summed E-state index contributed by atoms with van der Waals surface area (Å²) in [6.07, 6.45) is 3.90. The van der Waals surface area contributed by atoms with Gasteiger partial charge in [0.2, 0.25) is 5.95 Å². The first-order chi connectivity index (χ1) is 12.3. The summed E-state index contributed by atoms with van der Waals surface area (Å²) >= 11 is 0. The van der Waals surface area contributed by atoms with Gasteiger partial charge in [0.25, 0.3) is 0 Å². The molecule has 0 aliphatic heterocycles. The lowest BCUT2D eigenvalue weighted by molar-refractivity contribution is 0.856. The van der Waals surface area contributed by atoms with Crippen molar-refractivity contribution >= 4 is 11.8 Å². The second-order valence-electron chi connectivity index (χ2n) is 5.91. The molecule has 5 nitrogen and oxygen atoms in total. The largest absolute Gasteiger partial charge is 0.370 e. The molecule has 0 saturated heterocycles. The van der Waals surface area contributed by atoms with Crippen LogP contribution >= 0.6 is 0 Å². The summed E-state index contributed by atoms with van der Waals surface area (Å²) in [5.41, 5.74) is 3.26. The Hall–Kier alpha value is -2.95. The summed E-state index contributed by atoms with van der Waals surface area (Å²) < 4.78 is 0. The summed E-state index contributed by atoms with van der Waals surface area (Å²) in [5.74, 6) is 1.47. The van der Waals surface area contributed by atoms with Gasteiger partial charge >= 0.3 is 0 Å². The van der Waals surface area contributed by atoms with Crippen LogP contribution in [0.3, 0.4) is 0 Å². The van der Waals surface area contributed by atoms with Crippen molar-refractivity contribution in [3.05, 3.63) is 77.7 Å². The van der Waals surface area contributed by atoms with Gasteiger partial charge in [-0.1, -0.05) is 36.4 Å². The number of nitrogens with zero attached hydrogens (tertiary/aromatic N) is 3. The van der Waals surface area contributed by atoms with Crippen LogP contribution in [0, 0.1) is 6.92 Å². The third-order valence-electron chi connectivity index (χ3n) is 3.80. The van der Waals surface area contributed by atoms with Crippen molar-refractivity contribution in [2.24, 2.45) is 0 Å². The molecule has 0 radical (unpaired) electrons. The lowest BCUT2D eigenvalue weighted by Gasteiger charge is -2.10. The SMILES string of the molecule is Cc1cc(NCCCc2ccccc2)nc(NCc2ccccn2)n1. The van der Waals surface area contributed by atoms with Crippen LogP contribution in [-0.2, 0) is 13.0 Å². The molecule has 5 heteroatoms. The molecule has 2 aromatic heterocycles. The Labute approximate surface area is 148 Å². The maximum absolute atomic E-state index is 4.53. The topological polar surface area (TPSA) is 62.7 Å². The number of pyridine rings is 1. The molecule has 128 valence electrons. The van der Waals surface area contributed by atoms with Crippen LogP contribution in [0.4, 0.5) is 11.8 Å². The van der Waals surface area contributed by atoms with Crippen LogP contribution in [0.2, 0.25) is 0 Å². The van der Waals surface area contributed by atoms with E-state index in [1.54, 1.807) is 6.20 Å². The van der Waals surface area contributed by atoms with E-state index < -0.39 is 0 Å². The summed E-state index contributed by atoms with van der Waals surface area (Å²) in [4.78, 5) is 13.3. The van der Waals surface area contributed by atoms with Crippen molar-refractivity contribution in [3.63, 3.8) is 0 Å². The fourth-order valence-corrected chi connectivity index (χ4v) is 2.56. The molecule has 0 amide bonds. The van der Waals surface area contributed by atoms with Gasteiger partial charge in [-0.15, -0.1) is 0 Å². The number of aromatic nitrogens is 3. The van der Waals surface area contributed by atoms with Crippen molar-refractivity contribution in [2.45, 2.75) is 26.3 Å². The van der Waals surface area contributed by atoms with Crippen LogP contribution < -0.4 is 10.6 Å². The van der Waals surface area contributed by atoms with Crippen LogP contribution in [0.1, 0.15) is 23.4 Å². The molecule has 0 bridgehead atoms. The molecular formula is C20H23N5. The Morgan fingerprint density at radius 3 is 2.56 bits per heavy atom. The molecule has 0 saturated carbocycles. The Bertz CT molecular complexity index is 775. The predicted octanol–water partition coefficient (Wildman–Crippen LogP) is 3.84. The molecule has 2 N–H and O–H groups in total. The number of benzene rings is 1. The first-order valence-corrected chi connectivity index (χ1v) is 8.57. The number of hydrogen-bond donors (Lipinski definition) is 2. The highest BCUT2D eigenvalue weighted by Crippen LogP contribution is 2.11. The Balaban J connectivity index is 1.50. The van der Waals surface area contributed by atoms with Crippen LogP contribution in [-0.4, -0.2) is 21.5 Å². The van der Waals surface area contributed by atoms with Gasteiger partial charge in [-0.25, -0.2) is 4.98 Å². The maximum atomic E-state index is 4.53. The van der Waals surface area contributed by atoms with Crippen molar-refractivity contribution in [3.8, 4) is 0 Å².